The van der Waals surface area contributed by atoms with Crippen molar-refractivity contribution in [2.24, 2.45) is 0 Å². The van der Waals surface area contributed by atoms with Crippen LogP contribution in [0.1, 0.15) is 26.6 Å². The molecular formula is C26H21Cl2N3O6S. The number of nitrogens with zero attached hydrogens (tertiary/aromatic N) is 1. The molecule has 38 heavy (non-hydrogen) atoms. The molecule has 0 saturated carbocycles. The Morgan fingerprint density at radius 3 is 2.63 bits per heavy atom. The molecule has 12 heteroatoms. The third kappa shape index (κ3) is 5.83. The van der Waals surface area contributed by atoms with Crippen molar-refractivity contribution in [3.8, 4) is 11.5 Å². The number of aromatic amines is 1. The number of hydrogen-bond acceptors (Lipinski definition) is 8. The van der Waals surface area contributed by atoms with Crippen LogP contribution in [0.5, 0.6) is 11.5 Å². The van der Waals surface area contributed by atoms with Crippen molar-refractivity contribution in [3.05, 3.63) is 79.7 Å². The highest BCUT2D eigenvalue weighted by molar-refractivity contribution is 7.20. The highest BCUT2D eigenvalue weighted by atomic mass is 35.5. The average molecular weight is 574 g/mol. The number of thiophene rings is 1. The Labute approximate surface area is 231 Å². The number of carbonyl (C=O) groups is 2. The van der Waals surface area contributed by atoms with E-state index in [2.05, 4.69) is 15.3 Å². The summed E-state index contributed by atoms with van der Waals surface area (Å²) in [5.41, 5.74) is 1.18. The van der Waals surface area contributed by atoms with Crippen LogP contribution in [0.15, 0.2) is 47.3 Å². The lowest BCUT2D eigenvalue weighted by atomic mass is 10.2. The molecule has 0 aliphatic heterocycles. The van der Waals surface area contributed by atoms with Crippen molar-refractivity contribution in [2.75, 3.05) is 26.1 Å². The summed E-state index contributed by atoms with van der Waals surface area (Å²) in [6.45, 7) is 1.39. The SMILES string of the molecule is COC(=O)c1sc2nc(/C(Cl)=C/c3ccc(OCC(=O)Nc4ccccc4Cl)c(OC)c3)[nH]c(=O)c2c1C. The Morgan fingerprint density at radius 2 is 1.92 bits per heavy atom. The maximum Gasteiger partial charge on any atom is 0.348 e. The summed E-state index contributed by atoms with van der Waals surface area (Å²) in [5.74, 6) is -0.0901. The molecule has 2 aromatic carbocycles. The summed E-state index contributed by atoms with van der Waals surface area (Å²) in [7, 11) is 2.74. The van der Waals surface area contributed by atoms with E-state index in [1.165, 1.54) is 14.2 Å². The van der Waals surface area contributed by atoms with E-state index in [0.717, 1.165) is 11.3 Å². The number of para-hydroxylation sites is 1. The van der Waals surface area contributed by atoms with Gasteiger partial charge in [0.2, 0.25) is 0 Å². The zero-order valence-electron chi connectivity index (χ0n) is 20.4. The van der Waals surface area contributed by atoms with E-state index in [0.29, 0.717) is 48.4 Å². The second-order valence-electron chi connectivity index (χ2n) is 7.86. The number of carbonyl (C=O) groups excluding carboxylic acids is 2. The van der Waals surface area contributed by atoms with Crippen molar-refractivity contribution < 1.29 is 23.8 Å². The first-order chi connectivity index (χ1) is 18.2. The molecule has 0 atom stereocenters. The molecule has 4 aromatic rings. The third-order valence-corrected chi connectivity index (χ3v) is 7.17. The fourth-order valence-electron chi connectivity index (χ4n) is 3.54. The van der Waals surface area contributed by atoms with E-state index in [1.807, 2.05) is 0 Å². The summed E-state index contributed by atoms with van der Waals surface area (Å²) in [4.78, 5) is 44.7. The zero-order chi connectivity index (χ0) is 27.4. The minimum absolute atomic E-state index is 0.136. The van der Waals surface area contributed by atoms with Crippen molar-refractivity contribution >= 4 is 73.4 Å². The molecule has 0 saturated heterocycles. The number of fused-ring (bicyclic) bond motifs is 1. The van der Waals surface area contributed by atoms with Gasteiger partial charge in [-0.2, -0.15) is 0 Å². The number of aryl methyl sites for hydroxylation is 1. The number of rotatable bonds is 8. The van der Waals surface area contributed by atoms with Gasteiger partial charge in [-0.05, 0) is 48.4 Å². The van der Waals surface area contributed by atoms with Crippen LogP contribution in [0.2, 0.25) is 5.02 Å². The molecule has 1 amide bonds. The highest BCUT2D eigenvalue weighted by Gasteiger charge is 2.20. The summed E-state index contributed by atoms with van der Waals surface area (Å²) < 4.78 is 15.8. The fourth-order valence-corrected chi connectivity index (χ4v) is 5.04. The number of aromatic nitrogens is 2. The van der Waals surface area contributed by atoms with Crippen LogP contribution in [0.4, 0.5) is 5.69 Å². The predicted octanol–water partition coefficient (Wildman–Crippen LogP) is 5.50. The van der Waals surface area contributed by atoms with Crippen LogP contribution in [0.25, 0.3) is 21.3 Å². The summed E-state index contributed by atoms with van der Waals surface area (Å²) in [6.07, 6.45) is 1.59. The van der Waals surface area contributed by atoms with Crippen LogP contribution in [-0.2, 0) is 9.53 Å². The van der Waals surface area contributed by atoms with Crippen LogP contribution in [-0.4, -0.2) is 42.7 Å². The Kier molecular flexibility index (Phi) is 8.35. The van der Waals surface area contributed by atoms with Crippen LogP contribution < -0.4 is 20.3 Å². The monoisotopic (exact) mass is 573 g/mol. The first kappa shape index (κ1) is 27.2. The van der Waals surface area contributed by atoms with Crippen molar-refractivity contribution in [3.63, 3.8) is 0 Å². The lowest BCUT2D eigenvalue weighted by Crippen LogP contribution is -2.20. The molecule has 0 fully saturated rings. The number of amides is 1. The van der Waals surface area contributed by atoms with Crippen LogP contribution in [0.3, 0.4) is 0 Å². The van der Waals surface area contributed by atoms with Gasteiger partial charge in [0.25, 0.3) is 11.5 Å². The summed E-state index contributed by atoms with van der Waals surface area (Å²) >= 11 is 13.6. The molecule has 0 aliphatic carbocycles. The molecule has 2 heterocycles. The number of ether oxygens (including phenoxy) is 3. The molecule has 0 radical (unpaired) electrons. The second kappa shape index (κ2) is 11.7. The Bertz CT molecular complexity index is 1630. The molecule has 2 N–H and O–H groups in total. The minimum Gasteiger partial charge on any atom is -0.493 e. The van der Waals surface area contributed by atoms with E-state index >= 15 is 0 Å². The van der Waals surface area contributed by atoms with Gasteiger partial charge in [0, 0.05) is 0 Å². The quantitative estimate of drug-likeness (QED) is 0.267. The number of esters is 1. The third-order valence-electron chi connectivity index (χ3n) is 5.39. The maximum absolute atomic E-state index is 12.7. The predicted molar refractivity (Wildman–Crippen MR) is 149 cm³/mol. The topological polar surface area (TPSA) is 120 Å². The highest BCUT2D eigenvalue weighted by Crippen LogP contribution is 2.32. The van der Waals surface area contributed by atoms with Crippen molar-refractivity contribution in [1.29, 1.82) is 0 Å². The number of nitrogens with one attached hydrogen (secondary N) is 2. The van der Waals surface area contributed by atoms with Gasteiger partial charge in [0.15, 0.2) is 23.9 Å². The molecule has 9 nitrogen and oxygen atoms in total. The molecule has 0 bridgehead atoms. The molecule has 2 aromatic heterocycles. The van der Waals surface area contributed by atoms with Gasteiger partial charge in [0.05, 0.1) is 35.3 Å². The van der Waals surface area contributed by atoms with E-state index in [1.54, 1.807) is 55.5 Å². The number of benzene rings is 2. The zero-order valence-corrected chi connectivity index (χ0v) is 22.7. The van der Waals surface area contributed by atoms with Gasteiger partial charge in [0.1, 0.15) is 9.71 Å². The van der Waals surface area contributed by atoms with Gasteiger partial charge >= 0.3 is 5.97 Å². The second-order valence-corrected chi connectivity index (χ2v) is 9.68. The van der Waals surface area contributed by atoms with E-state index in [4.69, 9.17) is 37.4 Å². The van der Waals surface area contributed by atoms with Gasteiger partial charge in [-0.1, -0.05) is 41.4 Å². The van der Waals surface area contributed by atoms with E-state index in [9.17, 15) is 14.4 Å². The summed E-state index contributed by atoms with van der Waals surface area (Å²) in [6, 6.07) is 11.9. The van der Waals surface area contributed by atoms with E-state index < -0.39 is 17.4 Å². The Morgan fingerprint density at radius 1 is 1.16 bits per heavy atom. The Hall–Kier alpha value is -3.86. The van der Waals surface area contributed by atoms with Crippen molar-refractivity contribution in [1.82, 2.24) is 9.97 Å². The number of H-pyrrole nitrogens is 1. The first-order valence-corrected chi connectivity index (χ1v) is 12.6. The van der Waals surface area contributed by atoms with E-state index in [-0.39, 0.29) is 17.5 Å². The van der Waals surface area contributed by atoms with Gasteiger partial charge in [-0.3, -0.25) is 9.59 Å². The van der Waals surface area contributed by atoms with Gasteiger partial charge in [-0.15, -0.1) is 11.3 Å². The minimum atomic E-state index is -0.538. The normalized spacial score (nSPS) is 11.3. The van der Waals surface area contributed by atoms with Gasteiger partial charge in [-0.25, -0.2) is 9.78 Å². The molecule has 196 valence electrons. The van der Waals surface area contributed by atoms with Crippen molar-refractivity contribution in [2.45, 2.75) is 6.92 Å². The largest absolute Gasteiger partial charge is 0.493 e. The number of hydrogen-bond donors (Lipinski definition) is 2. The molecule has 4 rings (SSSR count). The first-order valence-electron chi connectivity index (χ1n) is 11.1. The smallest absolute Gasteiger partial charge is 0.348 e. The van der Waals surface area contributed by atoms with Crippen LogP contribution in [0, 0.1) is 6.92 Å². The number of methoxy groups -OCH3 is 2. The lowest BCUT2D eigenvalue weighted by molar-refractivity contribution is -0.118. The fraction of sp³-hybridized carbons (Fsp3) is 0.154. The molecule has 0 unspecified atom stereocenters. The maximum atomic E-state index is 12.7. The summed E-state index contributed by atoms with van der Waals surface area (Å²) in [5, 5.41) is 3.56. The molecule has 0 spiro atoms. The Balaban J connectivity index is 1.53. The standard InChI is InChI=1S/C26H21Cl2N3O6S/c1-13-21-24(33)30-23(31-25(21)38-22(13)26(34)36-3)16(28)10-14-8-9-18(19(11-14)35-2)37-12-20(32)29-17-7-5-4-6-15(17)27/h4-11H,12H2,1-3H3,(H,29,32)(H,30,31,33)/b16-10-. The van der Waals surface area contributed by atoms with Gasteiger partial charge < -0.3 is 24.5 Å². The average Bonchev–Trinajstić information content (AvgIpc) is 3.25. The number of halogens is 2. The van der Waals surface area contributed by atoms with Crippen LogP contribution >= 0.6 is 34.5 Å². The molecular weight excluding hydrogens is 553 g/mol. The lowest BCUT2D eigenvalue weighted by Gasteiger charge is -2.12. The molecule has 0 aliphatic rings. The number of anilines is 1.